The van der Waals surface area contributed by atoms with E-state index < -0.39 is 34.0 Å². The first-order chi connectivity index (χ1) is 18.2. The molecule has 9 unspecified atom stereocenters. The van der Waals surface area contributed by atoms with E-state index in [9.17, 15) is 37.9 Å². The molecule has 40 heavy (non-hydrogen) atoms. The van der Waals surface area contributed by atoms with Gasteiger partial charge in [0.1, 0.15) is 0 Å². The van der Waals surface area contributed by atoms with Gasteiger partial charge in [0, 0.05) is 13.0 Å². The van der Waals surface area contributed by atoms with Gasteiger partial charge >= 0.3 is 29.6 Å². The van der Waals surface area contributed by atoms with Crippen LogP contribution in [0.4, 0.5) is 0 Å². The van der Waals surface area contributed by atoms with Crippen molar-refractivity contribution in [3.8, 4) is 0 Å². The molecule has 0 aromatic rings. The zero-order chi connectivity index (χ0) is 28.8. The van der Waals surface area contributed by atoms with Crippen LogP contribution < -0.4 is 40.2 Å². The Bertz CT molecular complexity index is 1030. The number of hydrogen-bond donors (Lipinski definition) is 5. The van der Waals surface area contributed by atoms with Crippen LogP contribution in [0.5, 0.6) is 0 Å². The van der Waals surface area contributed by atoms with Crippen LogP contribution in [0.1, 0.15) is 78.6 Å². The van der Waals surface area contributed by atoms with Gasteiger partial charge in [0.05, 0.1) is 40.7 Å². The number of nitrogens with one attached hydrogen (secondary N) is 2. The van der Waals surface area contributed by atoms with Gasteiger partial charge < -0.3 is 30.5 Å². The smallest absolute Gasteiger partial charge is 0.748 e. The van der Waals surface area contributed by atoms with Crippen LogP contribution in [0.25, 0.3) is 0 Å². The van der Waals surface area contributed by atoms with Crippen molar-refractivity contribution in [2.75, 3.05) is 18.8 Å². The Morgan fingerprint density at radius 2 is 1.70 bits per heavy atom. The van der Waals surface area contributed by atoms with E-state index >= 15 is 0 Å². The summed E-state index contributed by atoms with van der Waals surface area (Å²) in [7, 11) is -4.41. The molecule has 2 amide bonds. The Morgan fingerprint density at radius 3 is 2.38 bits per heavy atom. The van der Waals surface area contributed by atoms with Crippen LogP contribution >= 0.6 is 0 Å². The molecule has 0 spiro atoms. The molecule has 0 bridgehead atoms. The second-order valence-electron chi connectivity index (χ2n) is 13.4. The maximum atomic E-state index is 12.4. The first-order valence-electron chi connectivity index (χ1n) is 14.7. The number of aliphatic hydroxyl groups excluding tert-OH is 3. The molecule has 4 saturated carbocycles. The van der Waals surface area contributed by atoms with Gasteiger partial charge in [0.15, 0.2) is 0 Å². The predicted octanol–water partition coefficient (Wildman–Crippen LogP) is -1.85. The third-order valence-corrected chi connectivity index (χ3v) is 12.2. The predicted molar refractivity (Wildman–Crippen MR) is 143 cm³/mol. The van der Waals surface area contributed by atoms with E-state index in [0.717, 1.165) is 38.5 Å². The molecule has 0 heterocycles. The monoisotopic (exact) mass is 594 g/mol. The zero-order valence-electron chi connectivity index (χ0n) is 24.5. The Labute approximate surface area is 260 Å². The van der Waals surface area contributed by atoms with Crippen molar-refractivity contribution in [1.29, 1.82) is 0 Å². The number of amides is 2. The Kier molecular flexibility index (Phi) is 11.3. The summed E-state index contributed by atoms with van der Waals surface area (Å²) >= 11 is 0. The molecule has 0 aromatic carbocycles. The fourth-order valence-electron chi connectivity index (χ4n) is 9.34. The normalized spacial score (nSPS) is 41.5. The van der Waals surface area contributed by atoms with E-state index in [-0.39, 0.29) is 107 Å². The van der Waals surface area contributed by atoms with Crippen molar-refractivity contribution in [3.05, 3.63) is 0 Å². The maximum Gasteiger partial charge on any atom is 1.00 e. The third-order valence-electron chi connectivity index (χ3n) is 11.5. The van der Waals surface area contributed by atoms with Gasteiger partial charge in [-0.2, -0.15) is 0 Å². The number of hydrogen-bond acceptors (Lipinski definition) is 8. The summed E-state index contributed by atoms with van der Waals surface area (Å²) < 4.78 is 31.9. The van der Waals surface area contributed by atoms with E-state index in [4.69, 9.17) is 0 Å². The molecule has 5 N–H and O–H groups in total. The van der Waals surface area contributed by atoms with Gasteiger partial charge in [0.25, 0.3) is 0 Å². The molecule has 4 aliphatic rings. The van der Waals surface area contributed by atoms with Crippen molar-refractivity contribution in [2.24, 2.45) is 46.3 Å². The largest absolute Gasteiger partial charge is 1.00 e. The maximum absolute atomic E-state index is 12.4. The SMILES string of the molecule is CC(CCC(=O)NCC(=O)NCCS(=O)(=O)[O-])C1CCC2C3C(O)CC4CC(O)CC[C@]4(C)C3CC(O)[C@]12C.[Na+]. The van der Waals surface area contributed by atoms with E-state index in [2.05, 4.69) is 31.4 Å². The quantitative estimate of drug-likeness (QED) is 0.153. The van der Waals surface area contributed by atoms with Gasteiger partial charge in [-0.05, 0) is 97.7 Å². The summed E-state index contributed by atoms with van der Waals surface area (Å²) in [5.74, 6) is -0.259. The molecule has 0 radical (unpaired) electrons. The average Bonchev–Trinajstić information content (AvgIpc) is 3.20. The molecule has 0 aromatic heterocycles. The molecule has 4 fully saturated rings. The second-order valence-corrected chi connectivity index (χ2v) is 15.0. The summed E-state index contributed by atoms with van der Waals surface area (Å²) in [6.45, 7) is 6.05. The molecule has 0 aliphatic heterocycles. The standard InChI is InChI=1S/C28H48N2O8S.Na/c1-16(4-7-24(34)30-15-25(35)29-10-11-39(36,37)38)19-5-6-20-26-21(14-23(33)28(19,20)3)27(2)9-8-18(31)12-17(27)13-22(26)32;/h16-23,26,31-33H,4-15H2,1-3H3,(H,29,35)(H,30,34)(H,36,37,38);/q;+1/p-1/t16?,17?,18?,19?,20?,21?,22?,23?,26?,27-,28+;/m0./s1. The van der Waals surface area contributed by atoms with Gasteiger partial charge in [-0.15, -0.1) is 0 Å². The molecule has 11 atom stereocenters. The average molecular weight is 595 g/mol. The van der Waals surface area contributed by atoms with Gasteiger partial charge in [-0.3, -0.25) is 9.59 Å². The molecule has 4 rings (SSSR count). The van der Waals surface area contributed by atoms with Crippen molar-refractivity contribution in [2.45, 2.75) is 96.9 Å². The fourth-order valence-corrected chi connectivity index (χ4v) is 9.69. The van der Waals surface area contributed by atoms with Crippen LogP contribution in [0.15, 0.2) is 0 Å². The molecular formula is C28H47N2NaO8S. The number of rotatable bonds is 9. The molecule has 10 nitrogen and oxygen atoms in total. The molecule has 224 valence electrons. The van der Waals surface area contributed by atoms with Crippen LogP contribution in [0, 0.1) is 46.3 Å². The summed E-state index contributed by atoms with van der Waals surface area (Å²) in [6, 6.07) is 0. The molecule has 4 aliphatic carbocycles. The van der Waals surface area contributed by atoms with E-state index in [1.54, 1.807) is 0 Å². The third kappa shape index (κ3) is 6.93. The van der Waals surface area contributed by atoms with Crippen molar-refractivity contribution in [1.82, 2.24) is 10.6 Å². The minimum absolute atomic E-state index is 0. The van der Waals surface area contributed by atoms with Crippen LogP contribution in [0.3, 0.4) is 0 Å². The minimum Gasteiger partial charge on any atom is -0.748 e. The van der Waals surface area contributed by atoms with E-state index in [0.29, 0.717) is 12.8 Å². The van der Waals surface area contributed by atoms with E-state index in [1.165, 1.54) is 0 Å². The second kappa shape index (κ2) is 13.2. The minimum atomic E-state index is -4.41. The van der Waals surface area contributed by atoms with Crippen molar-refractivity contribution in [3.63, 3.8) is 0 Å². The van der Waals surface area contributed by atoms with Gasteiger partial charge in [-0.25, -0.2) is 8.42 Å². The Morgan fingerprint density at radius 1 is 1.00 bits per heavy atom. The van der Waals surface area contributed by atoms with Crippen LogP contribution in [-0.2, 0) is 19.7 Å². The number of fused-ring (bicyclic) bond motifs is 5. The summed E-state index contributed by atoms with van der Waals surface area (Å²) in [5.41, 5.74) is -0.306. The number of carbonyl (C=O) groups excluding carboxylic acids is 2. The zero-order valence-corrected chi connectivity index (χ0v) is 27.3. The number of carbonyl (C=O) groups is 2. The summed E-state index contributed by atoms with van der Waals surface area (Å²) in [5, 5.41) is 38.2. The topological polar surface area (TPSA) is 176 Å². The number of aliphatic hydroxyl groups is 3. The van der Waals surface area contributed by atoms with E-state index in [1.807, 2.05) is 0 Å². The van der Waals surface area contributed by atoms with Crippen molar-refractivity contribution < 1.29 is 67.4 Å². The first kappa shape index (κ1) is 34.2. The molecular weight excluding hydrogens is 547 g/mol. The fraction of sp³-hybridized carbons (Fsp3) is 0.929. The van der Waals surface area contributed by atoms with Gasteiger partial charge in [-0.1, -0.05) is 20.8 Å². The van der Waals surface area contributed by atoms with Crippen LogP contribution in [0.2, 0.25) is 0 Å². The van der Waals surface area contributed by atoms with Crippen LogP contribution in [-0.4, -0.2) is 77.3 Å². The summed E-state index contributed by atoms with van der Waals surface area (Å²) in [6.07, 6.45) is 5.39. The Balaban J connectivity index is 0.00000441. The summed E-state index contributed by atoms with van der Waals surface area (Å²) in [4.78, 5) is 24.2. The first-order valence-corrected chi connectivity index (χ1v) is 16.3. The van der Waals surface area contributed by atoms with Gasteiger partial charge in [0.2, 0.25) is 11.8 Å². The van der Waals surface area contributed by atoms with Crippen molar-refractivity contribution >= 4 is 21.9 Å². The molecule has 12 heteroatoms. The Hall–Kier alpha value is -0.270. The molecule has 0 saturated heterocycles.